The second-order valence-corrected chi connectivity index (χ2v) is 5.12. The summed E-state index contributed by atoms with van der Waals surface area (Å²) in [6, 6.07) is 3.41. The lowest BCUT2D eigenvalue weighted by molar-refractivity contribution is 0.0696. The van der Waals surface area contributed by atoms with E-state index in [1.807, 2.05) is 4.90 Å². The molecule has 0 aliphatic carbocycles. The van der Waals surface area contributed by atoms with Gasteiger partial charge in [-0.3, -0.25) is 4.90 Å². The Balaban J connectivity index is 2.27. The first-order valence-electron chi connectivity index (χ1n) is 6.41. The molecular formula is C13H18ClN3O2. The lowest BCUT2D eigenvalue weighted by atomic mass is 10.1. The summed E-state index contributed by atoms with van der Waals surface area (Å²) in [6.45, 7) is 7.72. The highest BCUT2D eigenvalue weighted by atomic mass is 35.5. The van der Waals surface area contributed by atoms with Gasteiger partial charge in [-0.2, -0.15) is 0 Å². The summed E-state index contributed by atoms with van der Waals surface area (Å²) >= 11 is 5.89. The summed E-state index contributed by atoms with van der Waals surface area (Å²) in [5.74, 6) is -0.493. The van der Waals surface area contributed by atoms with Crippen molar-refractivity contribution in [3.8, 4) is 0 Å². The molecule has 0 amide bonds. The minimum atomic E-state index is -0.968. The highest BCUT2D eigenvalue weighted by Crippen LogP contribution is 2.23. The van der Waals surface area contributed by atoms with Crippen molar-refractivity contribution in [1.29, 1.82) is 0 Å². The van der Waals surface area contributed by atoms with E-state index in [0.717, 1.165) is 26.2 Å². The monoisotopic (exact) mass is 283 g/mol. The molecule has 1 saturated heterocycles. The van der Waals surface area contributed by atoms with Crippen molar-refractivity contribution in [3.63, 3.8) is 0 Å². The number of carbonyl (C=O) groups is 1. The summed E-state index contributed by atoms with van der Waals surface area (Å²) in [5, 5.41) is 9.56. The molecule has 0 saturated carbocycles. The molecule has 1 N–H and O–H groups in total. The zero-order chi connectivity index (χ0) is 14.0. The second-order valence-electron chi connectivity index (χ2n) is 4.73. The first-order valence-corrected chi connectivity index (χ1v) is 6.79. The summed E-state index contributed by atoms with van der Waals surface area (Å²) in [4.78, 5) is 19.8. The van der Waals surface area contributed by atoms with E-state index in [2.05, 4.69) is 23.7 Å². The highest BCUT2D eigenvalue weighted by molar-refractivity contribution is 6.29. The molecule has 2 rings (SSSR count). The van der Waals surface area contributed by atoms with Crippen molar-refractivity contribution >= 4 is 23.4 Å². The van der Waals surface area contributed by atoms with Crippen LogP contribution in [0.1, 0.15) is 24.2 Å². The van der Waals surface area contributed by atoms with E-state index in [9.17, 15) is 9.90 Å². The molecule has 6 heteroatoms. The third kappa shape index (κ3) is 2.98. The van der Waals surface area contributed by atoms with Crippen molar-refractivity contribution in [2.24, 2.45) is 0 Å². The van der Waals surface area contributed by atoms with Crippen LogP contribution in [0, 0.1) is 0 Å². The smallest absolute Gasteiger partial charge is 0.339 e. The van der Waals surface area contributed by atoms with Gasteiger partial charge in [0.05, 0.1) is 0 Å². The second kappa shape index (κ2) is 5.75. The fraction of sp³-hybridized carbons (Fsp3) is 0.538. The molecular weight excluding hydrogens is 266 g/mol. The number of likely N-dealkylation sites (N-methyl/N-ethyl adjacent to an activating group) is 1. The van der Waals surface area contributed by atoms with Crippen LogP contribution in [0.5, 0.6) is 0 Å². The number of aromatic nitrogens is 1. The summed E-state index contributed by atoms with van der Waals surface area (Å²) in [5.41, 5.74) is 0.210. The number of carboxylic acids is 1. The normalized spacial score (nSPS) is 20.6. The first-order chi connectivity index (χ1) is 9.02. The molecule has 2 heterocycles. The topological polar surface area (TPSA) is 56.7 Å². The highest BCUT2D eigenvalue weighted by Gasteiger charge is 2.26. The molecule has 0 bridgehead atoms. The van der Waals surface area contributed by atoms with E-state index in [1.165, 1.54) is 12.1 Å². The molecule has 1 aliphatic rings. The van der Waals surface area contributed by atoms with Gasteiger partial charge in [0.2, 0.25) is 0 Å². The molecule has 0 spiro atoms. The zero-order valence-electron chi connectivity index (χ0n) is 11.1. The average molecular weight is 284 g/mol. The van der Waals surface area contributed by atoms with Crippen molar-refractivity contribution < 1.29 is 9.90 Å². The Hall–Kier alpha value is -1.33. The van der Waals surface area contributed by atoms with Gasteiger partial charge in [0.15, 0.2) is 0 Å². The predicted molar refractivity (Wildman–Crippen MR) is 75.1 cm³/mol. The lowest BCUT2D eigenvalue weighted by Crippen LogP contribution is -2.52. The molecule has 104 valence electrons. The largest absolute Gasteiger partial charge is 0.478 e. The van der Waals surface area contributed by atoms with Gasteiger partial charge >= 0.3 is 5.97 Å². The van der Waals surface area contributed by atoms with Crippen LogP contribution in [-0.4, -0.2) is 53.2 Å². The van der Waals surface area contributed by atoms with Crippen LogP contribution in [-0.2, 0) is 0 Å². The number of pyridine rings is 1. The fourth-order valence-corrected chi connectivity index (χ4v) is 2.63. The number of aromatic carboxylic acids is 1. The van der Waals surface area contributed by atoms with E-state index in [0.29, 0.717) is 17.0 Å². The average Bonchev–Trinajstić information content (AvgIpc) is 2.38. The maximum absolute atomic E-state index is 11.3. The Kier molecular flexibility index (Phi) is 4.27. The predicted octanol–water partition coefficient (Wildman–Crippen LogP) is 1.96. The Morgan fingerprint density at radius 2 is 2.26 bits per heavy atom. The SMILES string of the molecule is CCN1CCN(c2nc(Cl)ccc2C(=O)O)CC1C. The van der Waals surface area contributed by atoms with Crippen molar-refractivity contribution in [2.45, 2.75) is 19.9 Å². The summed E-state index contributed by atoms with van der Waals surface area (Å²) < 4.78 is 0. The van der Waals surface area contributed by atoms with Crippen molar-refractivity contribution in [1.82, 2.24) is 9.88 Å². The van der Waals surface area contributed by atoms with Crippen LogP contribution in [0.25, 0.3) is 0 Å². The summed E-state index contributed by atoms with van der Waals surface area (Å²) in [7, 11) is 0. The van der Waals surface area contributed by atoms with Gasteiger partial charge in [0.25, 0.3) is 0 Å². The number of carboxylic acid groups (broad SMARTS) is 1. The maximum atomic E-state index is 11.3. The van der Waals surface area contributed by atoms with Gasteiger partial charge in [-0.05, 0) is 25.6 Å². The molecule has 1 fully saturated rings. The molecule has 0 radical (unpaired) electrons. The summed E-state index contributed by atoms with van der Waals surface area (Å²) in [6.07, 6.45) is 0. The first kappa shape index (κ1) is 14.1. The van der Waals surface area contributed by atoms with Crippen LogP contribution < -0.4 is 4.90 Å². The van der Waals surface area contributed by atoms with Crippen LogP contribution in [0.3, 0.4) is 0 Å². The van der Waals surface area contributed by atoms with Crippen molar-refractivity contribution in [3.05, 3.63) is 22.8 Å². The molecule has 1 aromatic heterocycles. The van der Waals surface area contributed by atoms with Crippen LogP contribution in [0.4, 0.5) is 5.82 Å². The maximum Gasteiger partial charge on any atom is 0.339 e. The van der Waals surface area contributed by atoms with Crippen LogP contribution in [0.15, 0.2) is 12.1 Å². The molecule has 19 heavy (non-hydrogen) atoms. The third-order valence-electron chi connectivity index (χ3n) is 3.54. The molecule has 5 nitrogen and oxygen atoms in total. The fourth-order valence-electron chi connectivity index (χ4n) is 2.49. The van der Waals surface area contributed by atoms with E-state index in [1.54, 1.807) is 0 Å². The Labute approximate surface area is 117 Å². The zero-order valence-corrected chi connectivity index (χ0v) is 11.9. The number of rotatable bonds is 3. The number of nitrogens with zero attached hydrogens (tertiary/aromatic N) is 3. The van der Waals surface area contributed by atoms with Gasteiger partial charge < -0.3 is 10.0 Å². The van der Waals surface area contributed by atoms with E-state index < -0.39 is 5.97 Å². The van der Waals surface area contributed by atoms with Gasteiger partial charge in [-0.15, -0.1) is 0 Å². The molecule has 1 aliphatic heterocycles. The van der Waals surface area contributed by atoms with Crippen LogP contribution in [0.2, 0.25) is 5.15 Å². The Morgan fingerprint density at radius 3 is 2.84 bits per heavy atom. The Morgan fingerprint density at radius 1 is 1.53 bits per heavy atom. The van der Waals surface area contributed by atoms with Crippen LogP contribution >= 0.6 is 11.6 Å². The van der Waals surface area contributed by atoms with E-state index in [4.69, 9.17) is 11.6 Å². The number of piperazine rings is 1. The van der Waals surface area contributed by atoms with E-state index in [-0.39, 0.29) is 5.56 Å². The number of hydrogen-bond acceptors (Lipinski definition) is 4. The van der Waals surface area contributed by atoms with Gasteiger partial charge in [0, 0.05) is 25.7 Å². The van der Waals surface area contributed by atoms with Gasteiger partial charge in [-0.1, -0.05) is 18.5 Å². The lowest BCUT2D eigenvalue weighted by Gasteiger charge is -2.40. The number of halogens is 1. The van der Waals surface area contributed by atoms with Gasteiger partial charge in [0.1, 0.15) is 16.5 Å². The number of hydrogen-bond donors (Lipinski definition) is 1. The quantitative estimate of drug-likeness (QED) is 0.860. The molecule has 0 aromatic carbocycles. The Bertz CT molecular complexity index is 481. The molecule has 1 aromatic rings. The van der Waals surface area contributed by atoms with E-state index >= 15 is 0 Å². The number of anilines is 1. The van der Waals surface area contributed by atoms with Crippen molar-refractivity contribution in [2.75, 3.05) is 31.1 Å². The minimum absolute atomic E-state index is 0.210. The molecule has 1 atom stereocenters. The molecule has 1 unspecified atom stereocenters. The minimum Gasteiger partial charge on any atom is -0.478 e. The van der Waals surface area contributed by atoms with Gasteiger partial charge in [-0.25, -0.2) is 9.78 Å². The standard InChI is InChI=1S/C13H18ClN3O2/c1-3-16-6-7-17(8-9(16)2)12-10(13(18)19)4-5-11(14)15-12/h4-5,9H,3,6-8H2,1-2H3,(H,18,19). The third-order valence-corrected chi connectivity index (χ3v) is 3.75.